The standard InChI is InChI=1S/C18H24N4O/c19-12-14-6-4-10-20-17(14)22-11-5-7-15(13-22)18(23)21-16-8-2-1-3-9-16/h4,6,10,15-16H,1-3,5,7-9,11,13H2,(H,21,23). The lowest BCUT2D eigenvalue weighted by atomic mass is 9.93. The van der Waals surface area contributed by atoms with Gasteiger partial charge in [-0.15, -0.1) is 0 Å². The largest absolute Gasteiger partial charge is 0.355 e. The Bertz CT molecular complexity index is 589. The molecule has 1 saturated heterocycles. The second kappa shape index (κ2) is 7.45. The molecule has 122 valence electrons. The number of nitrogens with zero attached hydrogens (tertiary/aromatic N) is 3. The first-order valence-electron chi connectivity index (χ1n) is 8.68. The van der Waals surface area contributed by atoms with E-state index in [1.54, 1.807) is 18.3 Å². The van der Waals surface area contributed by atoms with Gasteiger partial charge < -0.3 is 10.2 Å². The number of piperidine rings is 1. The van der Waals surface area contributed by atoms with Crippen LogP contribution < -0.4 is 10.2 Å². The Morgan fingerprint density at radius 3 is 2.87 bits per heavy atom. The van der Waals surface area contributed by atoms with Crippen LogP contribution in [0.5, 0.6) is 0 Å². The van der Waals surface area contributed by atoms with Gasteiger partial charge in [-0.3, -0.25) is 4.79 Å². The Morgan fingerprint density at radius 2 is 2.09 bits per heavy atom. The molecule has 23 heavy (non-hydrogen) atoms. The summed E-state index contributed by atoms with van der Waals surface area (Å²) in [4.78, 5) is 19.0. The first kappa shape index (κ1) is 15.8. The van der Waals surface area contributed by atoms with Crippen LogP contribution in [0.1, 0.15) is 50.5 Å². The lowest BCUT2D eigenvalue weighted by Crippen LogP contribution is -2.46. The summed E-state index contributed by atoms with van der Waals surface area (Å²) in [5, 5.41) is 12.5. The molecule has 2 aliphatic rings. The van der Waals surface area contributed by atoms with Crippen LogP contribution in [0.15, 0.2) is 18.3 Å². The minimum atomic E-state index is -0.000717. The Morgan fingerprint density at radius 1 is 1.26 bits per heavy atom. The molecule has 2 fully saturated rings. The molecule has 1 saturated carbocycles. The second-order valence-electron chi connectivity index (χ2n) is 6.62. The number of carbonyl (C=O) groups is 1. The van der Waals surface area contributed by atoms with Gasteiger partial charge in [0.2, 0.25) is 5.91 Å². The first-order chi connectivity index (χ1) is 11.3. The SMILES string of the molecule is N#Cc1cccnc1N1CCCC(C(=O)NC2CCCCC2)C1. The number of hydrogen-bond acceptors (Lipinski definition) is 4. The molecule has 1 aromatic rings. The van der Waals surface area contributed by atoms with Crippen LogP contribution >= 0.6 is 0 Å². The van der Waals surface area contributed by atoms with Gasteiger partial charge in [0.1, 0.15) is 11.9 Å². The summed E-state index contributed by atoms with van der Waals surface area (Å²) < 4.78 is 0. The number of aromatic nitrogens is 1. The molecule has 1 N–H and O–H groups in total. The van der Waals surface area contributed by atoms with E-state index in [0.717, 1.165) is 32.2 Å². The fourth-order valence-electron chi connectivity index (χ4n) is 3.69. The number of pyridine rings is 1. The molecule has 5 heteroatoms. The second-order valence-corrected chi connectivity index (χ2v) is 6.62. The molecular weight excluding hydrogens is 288 g/mol. The fraction of sp³-hybridized carbons (Fsp3) is 0.611. The number of amides is 1. The summed E-state index contributed by atoms with van der Waals surface area (Å²) >= 11 is 0. The van der Waals surface area contributed by atoms with E-state index in [-0.39, 0.29) is 11.8 Å². The van der Waals surface area contributed by atoms with Crippen LogP contribution in [0.4, 0.5) is 5.82 Å². The van der Waals surface area contributed by atoms with Gasteiger partial charge in [-0.05, 0) is 37.8 Å². The molecule has 1 aliphatic heterocycles. The normalized spacial score (nSPS) is 22.4. The van der Waals surface area contributed by atoms with Crippen molar-refractivity contribution in [3.05, 3.63) is 23.9 Å². The van der Waals surface area contributed by atoms with Gasteiger partial charge in [-0.2, -0.15) is 5.26 Å². The fourth-order valence-corrected chi connectivity index (χ4v) is 3.69. The zero-order chi connectivity index (χ0) is 16.1. The highest BCUT2D eigenvalue weighted by molar-refractivity contribution is 5.80. The highest BCUT2D eigenvalue weighted by atomic mass is 16.2. The minimum Gasteiger partial charge on any atom is -0.355 e. The monoisotopic (exact) mass is 312 g/mol. The summed E-state index contributed by atoms with van der Waals surface area (Å²) in [6.07, 6.45) is 9.56. The third kappa shape index (κ3) is 3.82. The molecule has 0 spiro atoms. The summed E-state index contributed by atoms with van der Waals surface area (Å²) in [6, 6.07) is 6.12. The van der Waals surface area contributed by atoms with Gasteiger partial charge in [0.05, 0.1) is 11.5 Å². The smallest absolute Gasteiger partial charge is 0.225 e. The van der Waals surface area contributed by atoms with Gasteiger partial charge in [-0.25, -0.2) is 4.98 Å². The van der Waals surface area contributed by atoms with Crippen molar-refractivity contribution in [2.75, 3.05) is 18.0 Å². The number of carbonyl (C=O) groups excluding carboxylic acids is 1. The topological polar surface area (TPSA) is 69.0 Å². The van der Waals surface area contributed by atoms with Crippen LogP contribution in [0.2, 0.25) is 0 Å². The molecule has 1 amide bonds. The maximum absolute atomic E-state index is 12.6. The van der Waals surface area contributed by atoms with Crippen LogP contribution in [0, 0.1) is 17.2 Å². The zero-order valence-corrected chi connectivity index (χ0v) is 13.5. The highest BCUT2D eigenvalue weighted by Gasteiger charge is 2.29. The molecule has 0 bridgehead atoms. The molecule has 1 aromatic heterocycles. The highest BCUT2D eigenvalue weighted by Crippen LogP contribution is 2.25. The Kier molecular flexibility index (Phi) is 5.12. The van der Waals surface area contributed by atoms with Crippen molar-refractivity contribution in [3.63, 3.8) is 0 Å². The average molecular weight is 312 g/mol. The van der Waals surface area contributed by atoms with Crippen molar-refractivity contribution in [3.8, 4) is 6.07 Å². The summed E-state index contributed by atoms with van der Waals surface area (Å²) in [5.74, 6) is 0.889. The van der Waals surface area contributed by atoms with Crippen molar-refractivity contribution in [2.24, 2.45) is 5.92 Å². The van der Waals surface area contributed by atoms with Crippen molar-refractivity contribution < 1.29 is 4.79 Å². The van der Waals surface area contributed by atoms with Crippen LogP contribution in [-0.4, -0.2) is 30.0 Å². The maximum Gasteiger partial charge on any atom is 0.225 e. The predicted octanol–water partition coefficient (Wildman–Crippen LogP) is 2.62. The van der Waals surface area contributed by atoms with Crippen LogP contribution in [0.3, 0.4) is 0 Å². The van der Waals surface area contributed by atoms with E-state index in [9.17, 15) is 10.1 Å². The van der Waals surface area contributed by atoms with E-state index in [1.165, 1.54) is 19.3 Å². The molecule has 3 rings (SSSR count). The van der Waals surface area contributed by atoms with E-state index in [0.29, 0.717) is 24.0 Å². The number of nitriles is 1. The third-order valence-corrected chi connectivity index (χ3v) is 4.95. The molecular formula is C18H24N4O. The predicted molar refractivity (Wildman–Crippen MR) is 88.9 cm³/mol. The Labute approximate surface area is 137 Å². The lowest BCUT2D eigenvalue weighted by Gasteiger charge is -2.34. The third-order valence-electron chi connectivity index (χ3n) is 4.95. The van der Waals surface area contributed by atoms with E-state index >= 15 is 0 Å². The molecule has 1 unspecified atom stereocenters. The molecule has 2 heterocycles. The van der Waals surface area contributed by atoms with Crippen LogP contribution in [-0.2, 0) is 4.79 Å². The molecule has 0 radical (unpaired) electrons. The number of nitrogens with one attached hydrogen (secondary N) is 1. The van der Waals surface area contributed by atoms with Gasteiger partial charge in [-0.1, -0.05) is 19.3 Å². The Hall–Kier alpha value is -2.09. The quantitative estimate of drug-likeness (QED) is 0.931. The number of anilines is 1. The summed E-state index contributed by atoms with van der Waals surface area (Å²) in [6.45, 7) is 1.52. The van der Waals surface area contributed by atoms with Crippen molar-refractivity contribution in [1.82, 2.24) is 10.3 Å². The molecule has 5 nitrogen and oxygen atoms in total. The lowest BCUT2D eigenvalue weighted by molar-refractivity contribution is -0.126. The van der Waals surface area contributed by atoms with Gasteiger partial charge in [0, 0.05) is 25.3 Å². The van der Waals surface area contributed by atoms with Gasteiger partial charge in [0.15, 0.2) is 0 Å². The Balaban J connectivity index is 1.63. The van der Waals surface area contributed by atoms with Crippen molar-refractivity contribution in [2.45, 2.75) is 51.0 Å². The molecule has 1 aliphatic carbocycles. The van der Waals surface area contributed by atoms with E-state index in [1.807, 2.05) is 0 Å². The zero-order valence-electron chi connectivity index (χ0n) is 13.5. The van der Waals surface area contributed by atoms with Gasteiger partial charge in [0.25, 0.3) is 0 Å². The summed E-state index contributed by atoms with van der Waals surface area (Å²) in [7, 11) is 0. The van der Waals surface area contributed by atoms with E-state index in [2.05, 4.69) is 21.3 Å². The van der Waals surface area contributed by atoms with Crippen molar-refractivity contribution >= 4 is 11.7 Å². The minimum absolute atomic E-state index is 0.000717. The van der Waals surface area contributed by atoms with Crippen LogP contribution in [0.25, 0.3) is 0 Å². The number of hydrogen-bond donors (Lipinski definition) is 1. The average Bonchev–Trinajstić information content (AvgIpc) is 2.62. The van der Waals surface area contributed by atoms with Gasteiger partial charge >= 0.3 is 0 Å². The maximum atomic E-state index is 12.6. The number of rotatable bonds is 3. The molecule has 1 atom stereocenters. The summed E-state index contributed by atoms with van der Waals surface area (Å²) in [5.41, 5.74) is 0.584. The molecule has 0 aromatic carbocycles. The first-order valence-corrected chi connectivity index (χ1v) is 8.68. The van der Waals surface area contributed by atoms with Crippen molar-refractivity contribution in [1.29, 1.82) is 5.26 Å². The van der Waals surface area contributed by atoms with E-state index < -0.39 is 0 Å². The van der Waals surface area contributed by atoms with E-state index in [4.69, 9.17) is 0 Å².